The zero-order valence-corrected chi connectivity index (χ0v) is 15.5. The van der Waals surface area contributed by atoms with E-state index in [1.165, 1.54) is 4.90 Å². The van der Waals surface area contributed by atoms with Crippen LogP contribution in [0.2, 0.25) is 0 Å². The van der Waals surface area contributed by atoms with Crippen molar-refractivity contribution >= 4 is 17.5 Å². The largest absolute Gasteiger partial charge is 0.396 e. The standard InChI is InChI=1S/C20H26O4S/c1-19(11-21)12-23-20(24-13-19)10-17(25-14-6-3-2-4-7-14)15-8-5-9-16(22)18(15)20/h2-4,6-7,15,17-18,21H,5,8-13H2,1H3/t15-,17-,18+,19?,20?/m1/s1. The zero-order valence-electron chi connectivity index (χ0n) is 14.6. The molecule has 4 rings (SSSR count). The van der Waals surface area contributed by atoms with Crippen LogP contribution in [-0.2, 0) is 14.3 Å². The van der Waals surface area contributed by atoms with E-state index >= 15 is 0 Å². The number of Topliss-reactive ketones (excluding diaryl/α,β-unsaturated/α-hetero) is 1. The van der Waals surface area contributed by atoms with E-state index in [1.807, 2.05) is 24.8 Å². The van der Waals surface area contributed by atoms with Crippen molar-refractivity contribution < 1.29 is 19.4 Å². The van der Waals surface area contributed by atoms with Gasteiger partial charge in [-0.3, -0.25) is 4.79 Å². The van der Waals surface area contributed by atoms with Crippen LogP contribution in [0.25, 0.3) is 0 Å². The Kier molecular flexibility index (Phi) is 4.69. The maximum absolute atomic E-state index is 12.8. The van der Waals surface area contributed by atoms with Gasteiger partial charge in [0.25, 0.3) is 0 Å². The fourth-order valence-electron chi connectivity index (χ4n) is 4.47. The molecule has 5 heteroatoms. The van der Waals surface area contributed by atoms with E-state index in [1.54, 1.807) is 0 Å². The Morgan fingerprint density at radius 3 is 2.64 bits per heavy atom. The van der Waals surface area contributed by atoms with Gasteiger partial charge in [0.05, 0.1) is 25.7 Å². The molecule has 1 N–H and O–H groups in total. The number of hydrogen-bond donors (Lipinski definition) is 1. The molecule has 0 bridgehead atoms. The molecule has 2 saturated carbocycles. The number of fused-ring (bicyclic) bond motifs is 2. The Morgan fingerprint density at radius 2 is 1.96 bits per heavy atom. The van der Waals surface area contributed by atoms with Crippen LogP contribution in [0.4, 0.5) is 0 Å². The fraction of sp³-hybridized carbons (Fsp3) is 0.650. The van der Waals surface area contributed by atoms with Crippen molar-refractivity contribution in [2.45, 2.75) is 48.5 Å². The van der Waals surface area contributed by atoms with Gasteiger partial charge in [-0.15, -0.1) is 11.8 Å². The topological polar surface area (TPSA) is 55.8 Å². The summed E-state index contributed by atoms with van der Waals surface area (Å²) in [5, 5.41) is 9.91. The van der Waals surface area contributed by atoms with Crippen LogP contribution < -0.4 is 0 Å². The Balaban J connectivity index is 1.58. The summed E-state index contributed by atoms with van der Waals surface area (Å²) in [5.41, 5.74) is -0.372. The predicted molar refractivity (Wildman–Crippen MR) is 96.4 cm³/mol. The molecule has 0 aromatic heterocycles. The van der Waals surface area contributed by atoms with Gasteiger partial charge in [0.2, 0.25) is 0 Å². The maximum atomic E-state index is 12.8. The molecular weight excluding hydrogens is 336 g/mol. The van der Waals surface area contributed by atoms with Crippen LogP contribution in [0.15, 0.2) is 35.2 Å². The first-order chi connectivity index (χ1) is 12.1. The predicted octanol–water partition coefficient (Wildman–Crippen LogP) is 3.28. The van der Waals surface area contributed by atoms with E-state index in [4.69, 9.17) is 9.47 Å². The molecule has 0 unspecified atom stereocenters. The second kappa shape index (κ2) is 6.69. The zero-order chi connectivity index (χ0) is 17.5. The first kappa shape index (κ1) is 17.5. The Labute approximate surface area is 153 Å². The van der Waals surface area contributed by atoms with E-state index in [-0.39, 0.29) is 17.9 Å². The first-order valence-corrected chi connectivity index (χ1v) is 10.1. The molecule has 3 aliphatic rings. The summed E-state index contributed by atoms with van der Waals surface area (Å²) in [7, 11) is 0. The minimum Gasteiger partial charge on any atom is -0.396 e. The summed E-state index contributed by atoms with van der Waals surface area (Å²) in [4.78, 5) is 14.0. The average molecular weight is 362 g/mol. The van der Waals surface area contributed by atoms with Crippen molar-refractivity contribution in [3.63, 3.8) is 0 Å². The molecule has 3 fully saturated rings. The highest BCUT2D eigenvalue weighted by atomic mass is 32.2. The Bertz CT molecular complexity index is 624. The fourth-order valence-corrected chi connectivity index (χ4v) is 5.92. The highest BCUT2D eigenvalue weighted by Gasteiger charge is 2.61. The molecule has 1 aromatic carbocycles. The van der Waals surface area contributed by atoms with Gasteiger partial charge in [-0.1, -0.05) is 25.1 Å². The summed E-state index contributed by atoms with van der Waals surface area (Å²) in [6.45, 7) is 2.89. The molecule has 3 atom stereocenters. The molecule has 4 nitrogen and oxygen atoms in total. The summed E-state index contributed by atoms with van der Waals surface area (Å²) in [6.07, 6.45) is 3.41. The number of benzene rings is 1. The summed E-state index contributed by atoms with van der Waals surface area (Å²) in [5.74, 6) is -0.348. The third kappa shape index (κ3) is 3.16. The smallest absolute Gasteiger partial charge is 0.179 e. The molecule has 25 heavy (non-hydrogen) atoms. The van der Waals surface area contributed by atoms with Gasteiger partial charge in [-0.05, 0) is 30.9 Å². The van der Waals surface area contributed by atoms with E-state index in [0.717, 1.165) is 19.3 Å². The highest BCUT2D eigenvalue weighted by Crippen LogP contribution is 2.56. The number of ketones is 1. The molecule has 0 amide bonds. The van der Waals surface area contributed by atoms with E-state index < -0.39 is 5.79 Å². The van der Waals surface area contributed by atoms with Crippen molar-refractivity contribution in [1.82, 2.24) is 0 Å². The van der Waals surface area contributed by atoms with Crippen molar-refractivity contribution in [3.05, 3.63) is 30.3 Å². The molecule has 1 spiro atoms. The summed E-state index contributed by atoms with van der Waals surface area (Å²) in [6, 6.07) is 10.4. The lowest BCUT2D eigenvalue weighted by Crippen LogP contribution is -2.54. The molecular formula is C20H26O4S. The number of thioether (sulfide) groups is 1. The lowest BCUT2D eigenvalue weighted by molar-refractivity contribution is -0.317. The van der Waals surface area contributed by atoms with Gasteiger partial charge in [0, 0.05) is 28.4 Å². The quantitative estimate of drug-likeness (QED) is 0.894. The average Bonchev–Trinajstić information content (AvgIpc) is 2.94. The second-order valence-electron chi connectivity index (χ2n) is 8.03. The second-order valence-corrected chi connectivity index (χ2v) is 9.34. The van der Waals surface area contributed by atoms with E-state index in [2.05, 4.69) is 24.3 Å². The van der Waals surface area contributed by atoms with Gasteiger partial charge in [-0.2, -0.15) is 0 Å². The van der Waals surface area contributed by atoms with Crippen molar-refractivity contribution in [2.75, 3.05) is 19.8 Å². The number of hydrogen-bond acceptors (Lipinski definition) is 5. The van der Waals surface area contributed by atoms with Gasteiger partial charge in [0.1, 0.15) is 5.78 Å². The molecule has 1 heterocycles. The Hall–Kier alpha value is -0.880. The molecule has 2 aliphatic carbocycles. The SMILES string of the molecule is CC1(CO)COC2(C[C@@H](Sc3ccccc3)[C@H]3CCCC(=O)[C@H]32)OC1. The van der Waals surface area contributed by atoms with E-state index in [0.29, 0.717) is 36.6 Å². The molecule has 136 valence electrons. The molecule has 0 radical (unpaired) electrons. The van der Waals surface area contributed by atoms with Crippen molar-refractivity contribution in [2.24, 2.45) is 17.3 Å². The maximum Gasteiger partial charge on any atom is 0.179 e. The summed E-state index contributed by atoms with van der Waals surface area (Å²) >= 11 is 1.85. The van der Waals surface area contributed by atoms with Crippen LogP contribution in [0.5, 0.6) is 0 Å². The number of carbonyl (C=O) groups is 1. The van der Waals surface area contributed by atoms with Gasteiger partial charge in [-0.25, -0.2) is 0 Å². The normalized spacial score (nSPS) is 41.0. The number of aliphatic hydroxyl groups excluding tert-OH is 1. The number of rotatable bonds is 3. The molecule has 1 saturated heterocycles. The number of aliphatic hydroxyl groups is 1. The number of carbonyl (C=O) groups excluding carboxylic acids is 1. The van der Waals surface area contributed by atoms with Crippen LogP contribution in [0.1, 0.15) is 32.6 Å². The highest BCUT2D eigenvalue weighted by molar-refractivity contribution is 8.00. The van der Waals surface area contributed by atoms with Crippen LogP contribution >= 0.6 is 11.8 Å². The third-order valence-corrected chi connectivity index (χ3v) is 7.28. The van der Waals surface area contributed by atoms with Crippen molar-refractivity contribution in [3.8, 4) is 0 Å². The van der Waals surface area contributed by atoms with Gasteiger partial charge in [0.15, 0.2) is 5.79 Å². The molecule has 1 aromatic rings. The third-order valence-electron chi connectivity index (χ3n) is 5.92. The summed E-state index contributed by atoms with van der Waals surface area (Å²) < 4.78 is 12.4. The van der Waals surface area contributed by atoms with Crippen LogP contribution in [0.3, 0.4) is 0 Å². The van der Waals surface area contributed by atoms with E-state index in [9.17, 15) is 9.90 Å². The lowest BCUT2D eigenvalue weighted by Gasteiger charge is -2.46. The van der Waals surface area contributed by atoms with Gasteiger partial charge < -0.3 is 14.6 Å². The first-order valence-electron chi connectivity index (χ1n) is 9.18. The van der Waals surface area contributed by atoms with Crippen LogP contribution in [0, 0.1) is 17.3 Å². The van der Waals surface area contributed by atoms with Crippen molar-refractivity contribution in [1.29, 1.82) is 0 Å². The monoisotopic (exact) mass is 362 g/mol. The van der Waals surface area contributed by atoms with Gasteiger partial charge >= 0.3 is 0 Å². The lowest BCUT2D eigenvalue weighted by atomic mass is 9.78. The molecule has 1 aliphatic heterocycles. The minimum absolute atomic E-state index is 0.0350. The van der Waals surface area contributed by atoms with Crippen LogP contribution in [-0.4, -0.2) is 41.7 Å². The Morgan fingerprint density at radius 1 is 1.24 bits per heavy atom. The number of ether oxygens (including phenoxy) is 2. The minimum atomic E-state index is -0.788.